The van der Waals surface area contributed by atoms with E-state index in [0.717, 1.165) is 39.4 Å². The number of rotatable bonds is 7. The third-order valence-electron chi connectivity index (χ3n) is 5.55. The fraction of sp³-hybridized carbons (Fsp3) is 0.138. The van der Waals surface area contributed by atoms with Crippen LogP contribution in [0.3, 0.4) is 0 Å². The minimum atomic E-state index is -0.467. The van der Waals surface area contributed by atoms with E-state index in [1.165, 1.54) is 11.8 Å². The second-order valence-corrected chi connectivity index (χ2v) is 9.39. The van der Waals surface area contributed by atoms with E-state index in [1.807, 2.05) is 98.8 Å². The topological polar surface area (TPSA) is 75.0 Å². The fourth-order valence-electron chi connectivity index (χ4n) is 3.57. The van der Waals surface area contributed by atoms with Gasteiger partial charge in [0.15, 0.2) is 0 Å². The number of nitriles is 1. The highest BCUT2D eigenvalue weighted by Crippen LogP contribution is 2.36. The molecule has 0 saturated carbocycles. The number of aryl methyl sites for hydroxylation is 1. The van der Waals surface area contributed by atoms with Gasteiger partial charge in [-0.25, -0.2) is 4.98 Å². The maximum atomic E-state index is 12.9. The van der Waals surface area contributed by atoms with Crippen LogP contribution in [0.4, 0.5) is 5.69 Å². The normalized spacial score (nSPS) is 11.4. The van der Waals surface area contributed by atoms with Crippen molar-refractivity contribution in [3.8, 4) is 34.2 Å². The monoisotopic (exact) mass is 479 g/mol. The number of benzene rings is 3. The van der Waals surface area contributed by atoms with Gasteiger partial charge in [0, 0.05) is 16.8 Å². The first-order valence-corrected chi connectivity index (χ1v) is 12.1. The molecule has 0 saturated heterocycles. The molecule has 0 aliphatic carbocycles. The number of amides is 1. The molecule has 6 heteroatoms. The molecule has 4 aromatic rings. The Balaban J connectivity index is 1.72. The Morgan fingerprint density at radius 2 is 1.69 bits per heavy atom. The molecule has 1 heterocycles. The van der Waals surface area contributed by atoms with Crippen molar-refractivity contribution >= 4 is 23.4 Å². The smallest absolute Gasteiger partial charge is 0.237 e. The number of carbonyl (C=O) groups excluding carboxylic acids is 1. The lowest BCUT2D eigenvalue weighted by molar-refractivity contribution is -0.115. The largest absolute Gasteiger partial charge is 0.497 e. The predicted octanol–water partition coefficient (Wildman–Crippen LogP) is 6.72. The number of aromatic nitrogens is 1. The molecular formula is C29H25N3O2S. The molecule has 1 atom stereocenters. The third-order valence-corrected chi connectivity index (χ3v) is 6.63. The van der Waals surface area contributed by atoms with Crippen LogP contribution < -0.4 is 10.1 Å². The summed E-state index contributed by atoms with van der Waals surface area (Å²) in [6.45, 7) is 3.82. The number of thioether (sulfide) groups is 1. The highest BCUT2D eigenvalue weighted by Gasteiger charge is 2.21. The summed E-state index contributed by atoms with van der Waals surface area (Å²) < 4.78 is 5.29. The van der Waals surface area contributed by atoms with Gasteiger partial charge in [0.25, 0.3) is 0 Å². The van der Waals surface area contributed by atoms with Crippen LogP contribution in [-0.2, 0) is 4.79 Å². The van der Waals surface area contributed by atoms with Crippen molar-refractivity contribution in [2.75, 3.05) is 12.4 Å². The third kappa shape index (κ3) is 5.71. The van der Waals surface area contributed by atoms with Gasteiger partial charge in [-0.2, -0.15) is 5.26 Å². The van der Waals surface area contributed by atoms with E-state index in [4.69, 9.17) is 9.72 Å². The summed E-state index contributed by atoms with van der Waals surface area (Å²) in [6, 6.07) is 29.3. The van der Waals surface area contributed by atoms with Crippen molar-refractivity contribution in [2.24, 2.45) is 0 Å². The Morgan fingerprint density at radius 1 is 1.00 bits per heavy atom. The van der Waals surface area contributed by atoms with Crippen molar-refractivity contribution in [3.63, 3.8) is 0 Å². The van der Waals surface area contributed by atoms with Crippen molar-refractivity contribution in [1.82, 2.24) is 4.98 Å². The van der Waals surface area contributed by atoms with Crippen LogP contribution in [0.15, 0.2) is 90.0 Å². The van der Waals surface area contributed by atoms with E-state index in [9.17, 15) is 10.1 Å². The minimum Gasteiger partial charge on any atom is -0.497 e. The molecule has 3 aromatic carbocycles. The lowest BCUT2D eigenvalue weighted by Gasteiger charge is -2.16. The maximum Gasteiger partial charge on any atom is 0.237 e. The number of nitrogens with one attached hydrogen (secondary N) is 1. The molecule has 0 bridgehead atoms. The van der Waals surface area contributed by atoms with Gasteiger partial charge >= 0.3 is 0 Å². The van der Waals surface area contributed by atoms with Gasteiger partial charge in [0.05, 0.1) is 23.6 Å². The van der Waals surface area contributed by atoms with Crippen molar-refractivity contribution in [3.05, 3.63) is 96.1 Å². The van der Waals surface area contributed by atoms with Crippen LogP contribution in [-0.4, -0.2) is 23.3 Å². The van der Waals surface area contributed by atoms with Gasteiger partial charge in [-0.05, 0) is 49.7 Å². The molecule has 1 unspecified atom stereocenters. The molecule has 4 rings (SSSR count). The molecule has 0 radical (unpaired) electrons. The van der Waals surface area contributed by atoms with Gasteiger partial charge in [0.2, 0.25) is 5.91 Å². The average molecular weight is 480 g/mol. The summed E-state index contributed by atoms with van der Waals surface area (Å²) >= 11 is 1.28. The van der Waals surface area contributed by atoms with Crippen LogP contribution in [0.2, 0.25) is 0 Å². The number of methoxy groups -OCH3 is 1. The fourth-order valence-corrected chi connectivity index (χ4v) is 4.50. The van der Waals surface area contributed by atoms with Crippen LogP contribution >= 0.6 is 11.8 Å². The van der Waals surface area contributed by atoms with E-state index in [0.29, 0.717) is 10.6 Å². The minimum absolute atomic E-state index is 0.152. The Hall–Kier alpha value is -4.08. The van der Waals surface area contributed by atoms with Crippen molar-refractivity contribution in [2.45, 2.75) is 24.1 Å². The van der Waals surface area contributed by atoms with E-state index < -0.39 is 5.25 Å². The Morgan fingerprint density at radius 3 is 2.31 bits per heavy atom. The molecule has 0 fully saturated rings. The first kappa shape index (κ1) is 24.1. The standard InChI is InChI=1S/C29H25N3O2S/c1-19-9-13-23(14-10-19)31-28(33)20(2)35-29-26(18-30)25(21-11-15-24(34-3)16-12-21)17-27(32-29)22-7-5-4-6-8-22/h4-17,20H,1-3H3,(H,31,33). The van der Waals surface area contributed by atoms with Crippen molar-refractivity contribution < 1.29 is 9.53 Å². The van der Waals surface area contributed by atoms with Gasteiger partial charge in [-0.1, -0.05) is 71.9 Å². The van der Waals surface area contributed by atoms with E-state index >= 15 is 0 Å². The number of hydrogen-bond donors (Lipinski definition) is 1. The molecule has 5 nitrogen and oxygen atoms in total. The number of nitrogens with zero attached hydrogens (tertiary/aromatic N) is 2. The molecule has 1 N–H and O–H groups in total. The highest BCUT2D eigenvalue weighted by atomic mass is 32.2. The summed E-state index contributed by atoms with van der Waals surface area (Å²) in [5.41, 5.74) is 5.61. The second-order valence-electron chi connectivity index (χ2n) is 8.06. The summed E-state index contributed by atoms with van der Waals surface area (Å²) in [6.07, 6.45) is 0. The Bertz CT molecular complexity index is 1360. The molecular weight excluding hydrogens is 454 g/mol. The van der Waals surface area contributed by atoms with E-state index in [-0.39, 0.29) is 5.91 Å². The first-order valence-electron chi connectivity index (χ1n) is 11.2. The first-order chi connectivity index (χ1) is 17.0. The SMILES string of the molecule is COc1ccc(-c2cc(-c3ccccc3)nc(SC(C)C(=O)Nc3ccc(C)cc3)c2C#N)cc1. The molecule has 35 heavy (non-hydrogen) atoms. The van der Waals surface area contributed by atoms with Crippen molar-refractivity contribution in [1.29, 1.82) is 5.26 Å². The van der Waals surface area contributed by atoms with Gasteiger partial charge in [0.1, 0.15) is 16.8 Å². The summed E-state index contributed by atoms with van der Waals surface area (Å²) in [7, 11) is 1.62. The Kier molecular flexibility index (Phi) is 7.49. The predicted molar refractivity (Wildman–Crippen MR) is 142 cm³/mol. The van der Waals surface area contributed by atoms with Crippen LogP contribution in [0.5, 0.6) is 5.75 Å². The zero-order valence-electron chi connectivity index (χ0n) is 19.8. The second kappa shape index (κ2) is 10.9. The van der Waals surface area contributed by atoms with Gasteiger partial charge in [-0.3, -0.25) is 4.79 Å². The van der Waals surface area contributed by atoms with Crippen LogP contribution in [0.25, 0.3) is 22.4 Å². The lowest BCUT2D eigenvalue weighted by atomic mass is 9.99. The molecule has 0 aliphatic rings. The maximum absolute atomic E-state index is 12.9. The molecule has 0 spiro atoms. The number of anilines is 1. The molecule has 0 aliphatic heterocycles. The highest BCUT2D eigenvalue weighted by molar-refractivity contribution is 8.00. The zero-order valence-corrected chi connectivity index (χ0v) is 20.6. The number of hydrogen-bond acceptors (Lipinski definition) is 5. The van der Waals surface area contributed by atoms with E-state index in [2.05, 4.69) is 11.4 Å². The molecule has 174 valence electrons. The lowest BCUT2D eigenvalue weighted by Crippen LogP contribution is -2.22. The van der Waals surface area contributed by atoms with Gasteiger partial charge in [-0.15, -0.1) is 0 Å². The summed E-state index contributed by atoms with van der Waals surface area (Å²) in [5, 5.41) is 13.1. The molecule has 1 amide bonds. The van der Waals surface area contributed by atoms with Crippen LogP contribution in [0, 0.1) is 18.3 Å². The summed E-state index contributed by atoms with van der Waals surface area (Å²) in [5.74, 6) is 0.584. The Labute approximate surface area is 209 Å². The molecule has 1 aromatic heterocycles. The van der Waals surface area contributed by atoms with E-state index in [1.54, 1.807) is 7.11 Å². The number of ether oxygens (including phenoxy) is 1. The number of pyridine rings is 1. The average Bonchev–Trinajstić information content (AvgIpc) is 2.90. The summed E-state index contributed by atoms with van der Waals surface area (Å²) in [4.78, 5) is 17.7. The number of carbonyl (C=O) groups is 1. The van der Waals surface area contributed by atoms with Crippen LogP contribution in [0.1, 0.15) is 18.1 Å². The zero-order chi connectivity index (χ0) is 24.8. The van der Waals surface area contributed by atoms with Gasteiger partial charge < -0.3 is 10.1 Å². The quantitative estimate of drug-likeness (QED) is 0.298.